The number of ether oxygens (including phenoxy) is 1. The predicted octanol–water partition coefficient (Wildman–Crippen LogP) is 3.20. The molecular formula is C16H24N4O4. The van der Waals surface area contributed by atoms with E-state index in [9.17, 15) is 14.9 Å². The normalized spacial score (nSPS) is 22.5. The predicted molar refractivity (Wildman–Crippen MR) is 86.8 cm³/mol. The number of hydrogen-bond acceptors (Lipinski definition) is 5. The van der Waals surface area contributed by atoms with Crippen LogP contribution in [0.2, 0.25) is 0 Å². The van der Waals surface area contributed by atoms with Crippen LogP contribution in [-0.2, 0) is 4.74 Å². The van der Waals surface area contributed by atoms with Crippen LogP contribution < -0.4 is 0 Å². The molecule has 8 nitrogen and oxygen atoms in total. The quantitative estimate of drug-likeness (QED) is 0.611. The van der Waals surface area contributed by atoms with Crippen molar-refractivity contribution in [2.45, 2.75) is 70.6 Å². The minimum atomic E-state index is -0.511. The molecule has 1 unspecified atom stereocenters. The van der Waals surface area contributed by atoms with E-state index in [1.807, 2.05) is 32.6 Å². The number of carbonyl (C=O) groups is 1. The van der Waals surface area contributed by atoms with Crippen molar-refractivity contribution in [1.82, 2.24) is 14.7 Å². The van der Waals surface area contributed by atoms with Crippen LogP contribution in [0, 0.1) is 17.0 Å². The maximum atomic E-state index is 12.5. The van der Waals surface area contributed by atoms with E-state index in [1.165, 1.54) is 6.07 Å². The Hall–Kier alpha value is -2.12. The van der Waals surface area contributed by atoms with E-state index in [2.05, 4.69) is 5.10 Å². The van der Waals surface area contributed by atoms with E-state index in [1.54, 1.807) is 4.68 Å². The number of carbonyl (C=O) groups excluding carboxylic acids is 1. The van der Waals surface area contributed by atoms with Gasteiger partial charge in [-0.15, -0.1) is 0 Å². The fourth-order valence-electron chi connectivity index (χ4n) is 3.53. The fraction of sp³-hybridized carbons (Fsp3) is 0.750. The van der Waals surface area contributed by atoms with Gasteiger partial charge < -0.3 is 19.8 Å². The van der Waals surface area contributed by atoms with Crippen LogP contribution >= 0.6 is 0 Å². The molecule has 1 saturated heterocycles. The molecule has 1 atom stereocenters. The van der Waals surface area contributed by atoms with Crippen LogP contribution in [0.3, 0.4) is 0 Å². The minimum Gasteiger partial charge on any atom is -0.444 e. The molecule has 0 bridgehead atoms. The van der Waals surface area contributed by atoms with Gasteiger partial charge in [0.25, 0.3) is 0 Å². The summed E-state index contributed by atoms with van der Waals surface area (Å²) in [5.41, 5.74) is 0.106. The van der Waals surface area contributed by atoms with E-state index in [4.69, 9.17) is 4.74 Å². The van der Waals surface area contributed by atoms with Gasteiger partial charge >= 0.3 is 11.9 Å². The molecule has 2 aliphatic rings. The number of nitrogens with zero attached hydrogens (tertiary/aromatic N) is 4. The number of nitro groups is 1. The van der Waals surface area contributed by atoms with Crippen LogP contribution in [0.25, 0.3) is 0 Å². The number of aromatic nitrogens is 2. The summed E-state index contributed by atoms with van der Waals surface area (Å²) in [6.45, 7) is 8.02. The van der Waals surface area contributed by atoms with Crippen LogP contribution in [0.1, 0.15) is 58.2 Å². The van der Waals surface area contributed by atoms with E-state index in [0.29, 0.717) is 6.54 Å². The molecule has 24 heavy (non-hydrogen) atoms. The van der Waals surface area contributed by atoms with Crippen molar-refractivity contribution in [2.75, 3.05) is 6.54 Å². The molecule has 3 rings (SSSR count). The van der Waals surface area contributed by atoms with Gasteiger partial charge in [0.1, 0.15) is 5.60 Å². The van der Waals surface area contributed by atoms with Crippen LogP contribution in [0.4, 0.5) is 10.6 Å². The summed E-state index contributed by atoms with van der Waals surface area (Å²) < 4.78 is 7.28. The highest BCUT2D eigenvalue weighted by molar-refractivity contribution is 5.70. The van der Waals surface area contributed by atoms with Gasteiger partial charge in [0.15, 0.2) is 0 Å². The second kappa shape index (κ2) is 5.46. The highest BCUT2D eigenvalue weighted by Crippen LogP contribution is 2.51. The Morgan fingerprint density at radius 3 is 2.62 bits per heavy atom. The van der Waals surface area contributed by atoms with Crippen molar-refractivity contribution in [3.63, 3.8) is 0 Å². The SMILES string of the molecule is Cc1cc([N+](=O)[O-])nn1C1CCN(C(=O)OC(C)(C)C)C2(CC2)C1. The first-order valence-electron chi connectivity index (χ1n) is 8.32. The van der Waals surface area contributed by atoms with Crippen LogP contribution in [0.5, 0.6) is 0 Å². The highest BCUT2D eigenvalue weighted by atomic mass is 16.6. The lowest BCUT2D eigenvalue weighted by atomic mass is 9.95. The molecule has 1 aromatic heterocycles. The van der Waals surface area contributed by atoms with Crippen molar-refractivity contribution >= 4 is 11.9 Å². The standard InChI is InChI=1S/C16H24N4O4/c1-11-9-13(20(22)23)17-19(11)12-5-8-18(16(10-12)6-7-16)14(21)24-15(2,3)4/h9,12H,5-8,10H2,1-4H3. The number of aryl methyl sites for hydroxylation is 1. The molecular weight excluding hydrogens is 312 g/mol. The Bertz CT molecular complexity index is 672. The summed E-state index contributed by atoms with van der Waals surface area (Å²) in [7, 11) is 0. The molecule has 132 valence electrons. The fourth-order valence-corrected chi connectivity index (χ4v) is 3.53. The first-order valence-corrected chi connectivity index (χ1v) is 8.32. The second-order valence-corrected chi connectivity index (χ2v) is 7.85. The summed E-state index contributed by atoms with van der Waals surface area (Å²) in [6, 6.07) is 1.58. The molecule has 0 aromatic carbocycles. The third-order valence-corrected chi connectivity index (χ3v) is 4.76. The van der Waals surface area contributed by atoms with Gasteiger partial charge in [-0.1, -0.05) is 0 Å². The zero-order chi connectivity index (χ0) is 17.7. The molecule has 2 heterocycles. The Morgan fingerprint density at radius 1 is 1.46 bits per heavy atom. The number of piperidine rings is 1. The van der Waals surface area contributed by atoms with Gasteiger partial charge in [-0.05, 0) is 58.3 Å². The van der Waals surface area contributed by atoms with Gasteiger partial charge in [-0.2, -0.15) is 4.68 Å². The second-order valence-electron chi connectivity index (χ2n) is 7.85. The van der Waals surface area contributed by atoms with Gasteiger partial charge in [0.05, 0.1) is 22.9 Å². The average Bonchev–Trinajstić information content (AvgIpc) is 3.08. The Balaban J connectivity index is 1.75. The number of hydrogen-bond donors (Lipinski definition) is 0. The molecule has 0 radical (unpaired) electrons. The van der Waals surface area contributed by atoms with Crippen molar-refractivity contribution < 1.29 is 14.5 Å². The van der Waals surface area contributed by atoms with Gasteiger partial charge in [0, 0.05) is 12.1 Å². The van der Waals surface area contributed by atoms with Crippen molar-refractivity contribution in [3.05, 3.63) is 21.9 Å². The molecule has 8 heteroatoms. The van der Waals surface area contributed by atoms with E-state index >= 15 is 0 Å². The minimum absolute atomic E-state index is 0.0832. The maximum absolute atomic E-state index is 12.5. The summed E-state index contributed by atoms with van der Waals surface area (Å²) in [4.78, 5) is 24.8. The third-order valence-electron chi connectivity index (χ3n) is 4.76. The highest BCUT2D eigenvalue weighted by Gasteiger charge is 2.55. The largest absolute Gasteiger partial charge is 0.444 e. The summed E-state index contributed by atoms with van der Waals surface area (Å²) in [5, 5.41) is 15.1. The Morgan fingerprint density at radius 2 is 2.12 bits per heavy atom. The molecule has 1 spiro atoms. The van der Waals surface area contributed by atoms with E-state index in [0.717, 1.165) is 31.4 Å². The summed E-state index contributed by atoms with van der Waals surface area (Å²) in [6.07, 6.45) is 3.13. The molecule has 1 aromatic rings. The van der Waals surface area contributed by atoms with Gasteiger partial charge in [0.2, 0.25) is 0 Å². The first kappa shape index (κ1) is 16.7. The number of rotatable bonds is 2. The first-order chi connectivity index (χ1) is 11.1. The third kappa shape index (κ3) is 3.09. The zero-order valence-electron chi connectivity index (χ0n) is 14.6. The Kier molecular flexibility index (Phi) is 3.80. The molecule has 2 fully saturated rings. The van der Waals surface area contributed by atoms with E-state index < -0.39 is 10.5 Å². The Labute approximate surface area is 140 Å². The molecule has 1 saturated carbocycles. The molecule has 1 amide bonds. The lowest BCUT2D eigenvalue weighted by Crippen LogP contribution is -2.50. The lowest BCUT2D eigenvalue weighted by molar-refractivity contribution is -0.389. The average molecular weight is 336 g/mol. The maximum Gasteiger partial charge on any atom is 0.410 e. The van der Waals surface area contributed by atoms with E-state index in [-0.39, 0.29) is 23.5 Å². The van der Waals surface area contributed by atoms with Gasteiger partial charge in [-0.3, -0.25) is 0 Å². The zero-order valence-corrected chi connectivity index (χ0v) is 14.6. The molecule has 0 N–H and O–H groups in total. The number of amides is 1. The number of likely N-dealkylation sites (tertiary alicyclic amines) is 1. The summed E-state index contributed by atoms with van der Waals surface area (Å²) >= 11 is 0. The smallest absolute Gasteiger partial charge is 0.410 e. The van der Waals surface area contributed by atoms with Crippen LogP contribution in [0.15, 0.2) is 6.07 Å². The monoisotopic (exact) mass is 336 g/mol. The lowest BCUT2D eigenvalue weighted by Gasteiger charge is -2.40. The van der Waals surface area contributed by atoms with Crippen molar-refractivity contribution in [1.29, 1.82) is 0 Å². The van der Waals surface area contributed by atoms with Gasteiger partial charge in [-0.25, -0.2) is 4.79 Å². The molecule has 1 aliphatic carbocycles. The van der Waals surface area contributed by atoms with Crippen LogP contribution in [-0.4, -0.2) is 43.4 Å². The topological polar surface area (TPSA) is 90.5 Å². The molecule has 1 aliphatic heterocycles. The summed E-state index contributed by atoms with van der Waals surface area (Å²) in [5.74, 6) is -0.119. The van der Waals surface area contributed by atoms with Crippen molar-refractivity contribution in [3.8, 4) is 0 Å². The van der Waals surface area contributed by atoms with Crippen molar-refractivity contribution in [2.24, 2.45) is 0 Å².